The number of carbonyl (C=O) groups is 4. The van der Waals surface area contributed by atoms with Crippen molar-refractivity contribution in [2.45, 2.75) is 6.92 Å². The minimum Gasteiger partial charge on any atom is -0.427 e. The molecule has 3 rings (SSSR count). The first kappa shape index (κ1) is 15.4. The number of nitrogens with one attached hydrogen (secondary N) is 1. The van der Waals surface area contributed by atoms with Gasteiger partial charge in [0.2, 0.25) is 0 Å². The molecule has 24 heavy (non-hydrogen) atoms. The van der Waals surface area contributed by atoms with Crippen LogP contribution in [0.15, 0.2) is 48.5 Å². The summed E-state index contributed by atoms with van der Waals surface area (Å²) in [6.07, 6.45) is 0. The minimum absolute atomic E-state index is 0.144. The van der Waals surface area contributed by atoms with Gasteiger partial charge in [-0.3, -0.25) is 24.6 Å². The second kappa shape index (κ2) is 5.96. The van der Waals surface area contributed by atoms with E-state index < -0.39 is 23.7 Å². The zero-order valence-electron chi connectivity index (χ0n) is 12.6. The predicted molar refractivity (Wildman–Crippen MR) is 82.2 cm³/mol. The number of esters is 1. The third-order valence-corrected chi connectivity index (χ3v) is 3.37. The predicted octanol–water partition coefficient (Wildman–Crippen LogP) is 1.55. The number of fused-ring (bicyclic) bond motifs is 1. The summed E-state index contributed by atoms with van der Waals surface area (Å²) in [4.78, 5) is 47.7. The molecule has 120 valence electrons. The van der Waals surface area contributed by atoms with Gasteiger partial charge >= 0.3 is 5.97 Å². The third kappa shape index (κ3) is 2.74. The van der Waals surface area contributed by atoms with E-state index in [0.717, 1.165) is 0 Å². The summed E-state index contributed by atoms with van der Waals surface area (Å²) in [7, 11) is 0. The second-order valence-electron chi connectivity index (χ2n) is 5.05. The molecule has 1 heterocycles. The molecule has 1 aliphatic heterocycles. The number of hydrogen-bond acceptors (Lipinski definition) is 5. The van der Waals surface area contributed by atoms with Crippen LogP contribution in [0.25, 0.3) is 0 Å². The van der Waals surface area contributed by atoms with Crippen LogP contribution >= 0.6 is 0 Å². The highest BCUT2D eigenvalue weighted by atomic mass is 16.5. The Balaban J connectivity index is 1.80. The lowest BCUT2D eigenvalue weighted by atomic mass is 10.1. The van der Waals surface area contributed by atoms with Crippen molar-refractivity contribution in [3.8, 4) is 5.75 Å². The number of ether oxygens (including phenoxy) is 1. The third-order valence-electron chi connectivity index (χ3n) is 3.37. The summed E-state index contributed by atoms with van der Waals surface area (Å²) in [5.74, 6) is -2.19. The minimum atomic E-state index is -0.668. The molecular weight excluding hydrogens is 312 g/mol. The van der Waals surface area contributed by atoms with Crippen molar-refractivity contribution in [3.63, 3.8) is 0 Å². The van der Waals surface area contributed by atoms with E-state index in [9.17, 15) is 19.2 Å². The summed E-state index contributed by atoms with van der Waals surface area (Å²) in [6, 6.07) is 12.2. The van der Waals surface area contributed by atoms with Gasteiger partial charge < -0.3 is 4.74 Å². The number of benzene rings is 2. The molecule has 0 radical (unpaired) electrons. The van der Waals surface area contributed by atoms with Crippen molar-refractivity contribution in [2.75, 3.05) is 0 Å². The highest BCUT2D eigenvalue weighted by molar-refractivity contribution is 6.22. The Morgan fingerprint density at radius 2 is 1.58 bits per heavy atom. The van der Waals surface area contributed by atoms with E-state index >= 15 is 0 Å². The van der Waals surface area contributed by atoms with Crippen molar-refractivity contribution in [2.24, 2.45) is 0 Å². The molecule has 0 saturated heterocycles. The molecule has 7 nitrogen and oxygen atoms in total. The lowest BCUT2D eigenvalue weighted by molar-refractivity contribution is -0.131. The first-order chi connectivity index (χ1) is 11.5. The smallest absolute Gasteiger partial charge is 0.308 e. The van der Waals surface area contributed by atoms with Crippen molar-refractivity contribution >= 4 is 23.7 Å². The largest absolute Gasteiger partial charge is 0.427 e. The van der Waals surface area contributed by atoms with Gasteiger partial charge in [0, 0.05) is 12.5 Å². The van der Waals surface area contributed by atoms with Crippen LogP contribution < -0.4 is 10.2 Å². The fourth-order valence-corrected chi connectivity index (χ4v) is 2.32. The summed E-state index contributed by atoms with van der Waals surface area (Å²) in [5.41, 5.74) is 2.89. The number of carbonyl (C=O) groups excluding carboxylic acids is 4. The number of hydrogen-bond donors (Lipinski definition) is 1. The normalized spacial score (nSPS) is 12.8. The van der Waals surface area contributed by atoms with Crippen LogP contribution in [0, 0.1) is 0 Å². The highest BCUT2D eigenvalue weighted by Gasteiger charge is 2.36. The van der Waals surface area contributed by atoms with Crippen molar-refractivity contribution in [1.82, 2.24) is 10.4 Å². The molecule has 0 aliphatic carbocycles. The number of imide groups is 1. The lowest BCUT2D eigenvalue weighted by Gasteiger charge is -2.15. The monoisotopic (exact) mass is 324 g/mol. The summed E-state index contributed by atoms with van der Waals surface area (Å²) >= 11 is 0. The summed E-state index contributed by atoms with van der Waals surface area (Å²) in [5, 5.41) is 0.672. The van der Waals surface area contributed by atoms with E-state index in [1.807, 2.05) is 0 Å². The summed E-state index contributed by atoms with van der Waals surface area (Å²) in [6.45, 7) is 1.24. The molecule has 0 bridgehead atoms. The van der Waals surface area contributed by atoms with Crippen LogP contribution in [0.4, 0.5) is 0 Å². The number of rotatable bonds is 3. The molecule has 7 heteroatoms. The van der Waals surface area contributed by atoms with Gasteiger partial charge in [0.1, 0.15) is 5.75 Å². The van der Waals surface area contributed by atoms with Crippen LogP contribution in [0.1, 0.15) is 38.0 Å². The molecule has 0 fully saturated rings. The van der Waals surface area contributed by atoms with Gasteiger partial charge in [-0.25, -0.2) is 0 Å². The molecule has 2 aromatic rings. The first-order valence-electron chi connectivity index (χ1n) is 7.04. The van der Waals surface area contributed by atoms with E-state index in [1.54, 1.807) is 12.1 Å². The molecule has 2 aromatic carbocycles. The topological polar surface area (TPSA) is 92.8 Å². The number of amides is 3. The maximum absolute atomic E-state index is 12.3. The number of hydrazine groups is 1. The van der Waals surface area contributed by atoms with E-state index in [-0.39, 0.29) is 22.4 Å². The summed E-state index contributed by atoms with van der Waals surface area (Å²) < 4.78 is 4.90. The Morgan fingerprint density at radius 1 is 0.958 bits per heavy atom. The highest BCUT2D eigenvalue weighted by Crippen LogP contribution is 2.21. The van der Waals surface area contributed by atoms with Gasteiger partial charge in [-0.15, -0.1) is 0 Å². The van der Waals surface area contributed by atoms with Gasteiger partial charge in [0.25, 0.3) is 17.7 Å². The maximum Gasteiger partial charge on any atom is 0.308 e. The van der Waals surface area contributed by atoms with Crippen molar-refractivity contribution < 1.29 is 23.9 Å². The quantitative estimate of drug-likeness (QED) is 0.525. The van der Waals surface area contributed by atoms with Gasteiger partial charge in [-0.2, -0.15) is 5.01 Å². The zero-order valence-corrected chi connectivity index (χ0v) is 12.6. The van der Waals surface area contributed by atoms with Crippen molar-refractivity contribution in [1.29, 1.82) is 0 Å². The van der Waals surface area contributed by atoms with E-state index in [1.165, 1.54) is 43.3 Å². The van der Waals surface area contributed by atoms with Crippen molar-refractivity contribution in [3.05, 3.63) is 65.2 Å². The zero-order chi connectivity index (χ0) is 17.3. The molecule has 0 aromatic heterocycles. The first-order valence-corrected chi connectivity index (χ1v) is 7.04. The van der Waals surface area contributed by atoms with Gasteiger partial charge in [0.15, 0.2) is 0 Å². The van der Waals surface area contributed by atoms with Crippen LogP contribution in [0.5, 0.6) is 5.75 Å². The Bertz CT molecular complexity index is 840. The average Bonchev–Trinajstić information content (AvgIpc) is 2.80. The molecule has 0 saturated carbocycles. The van der Waals surface area contributed by atoms with Crippen LogP contribution in [0.2, 0.25) is 0 Å². The maximum atomic E-state index is 12.3. The van der Waals surface area contributed by atoms with E-state index in [0.29, 0.717) is 5.01 Å². The molecule has 0 unspecified atom stereocenters. The lowest BCUT2D eigenvalue weighted by Crippen LogP contribution is -2.45. The Labute approximate surface area is 136 Å². The van der Waals surface area contributed by atoms with E-state index in [4.69, 9.17) is 4.74 Å². The van der Waals surface area contributed by atoms with Crippen LogP contribution in [-0.2, 0) is 4.79 Å². The van der Waals surface area contributed by atoms with Gasteiger partial charge in [0.05, 0.1) is 11.1 Å². The Morgan fingerprint density at radius 3 is 2.17 bits per heavy atom. The molecule has 3 amide bonds. The van der Waals surface area contributed by atoms with Crippen LogP contribution in [0.3, 0.4) is 0 Å². The van der Waals surface area contributed by atoms with Gasteiger partial charge in [-0.05, 0) is 30.3 Å². The fourth-order valence-electron chi connectivity index (χ4n) is 2.32. The molecular formula is C17H12N2O5. The Hall–Kier alpha value is -3.48. The fraction of sp³-hybridized carbons (Fsp3) is 0.0588. The Kier molecular flexibility index (Phi) is 3.83. The molecule has 0 spiro atoms. The second-order valence-corrected chi connectivity index (χ2v) is 5.05. The standard InChI is InChI=1S/C17H12N2O5/c1-10(20)24-12-6-4-5-11(9-12)15(21)18-19-16(22)13-7-2-3-8-14(13)17(19)23/h2-9H,1H3,(H,18,21). The average molecular weight is 324 g/mol. The van der Waals surface area contributed by atoms with Gasteiger partial charge in [-0.1, -0.05) is 18.2 Å². The van der Waals surface area contributed by atoms with Crippen LogP contribution in [-0.4, -0.2) is 28.7 Å². The molecule has 1 aliphatic rings. The van der Waals surface area contributed by atoms with E-state index in [2.05, 4.69) is 5.43 Å². The number of nitrogens with zero attached hydrogens (tertiary/aromatic N) is 1. The molecule has 0 atom stereocenters. The molecule has 1 N–H and O–H groups in total. The SMILES string of the molecule is CC(=O)Oc1cccc(C(=O)NN2C(=O)c3ccccc3C2=O)c1.